The number of aromatic amines is 1. The van der Waals surface area contributed by atoms with Gasteiger partial charge in [0, 0.05) is 30.2 Å². The van der Waals surface area contributed by atoms with Crippen LogP contribution in [0.5, 0.6) is 11.5 Å². The number of H-pyrrole nitrogens is 1. The molecule has 1 amide bonds. The molecule has 0 fully saturated rings. The van der Waals surface area contributed by atoms with Crippen molar-refractivity contribution in [3.8, 4) is 11.5 Å². The molecule has 0 aliphatic carbocycles. The minimum atomic E-state index is -0.348. The van der Waals surface area contributed by atoms with E-state index in [0.717, 1.165) is 10.9 Å². The van der Waals surface area contributed by atoms with Crippen LogP contribution in [0.1, 0.15) is 10.5 Å². The molecule has 0 bridgehead atoms. The van der Waals surface area contributed by atoms with E-state index in [9.17, 15) is 4.79 Å². The molecule has 2 aromatic heterocycles. The molecule has 23 heavy (non-hydrogen) atoms. The molecule has 0 aliphatic heterocycles. The molecule has 0 atom stereocenters. The van der Waals surface area contributed by atoms with Crippen LogP contribution < -0.4 is 15.8 Å². The lowest BCUT2D eigenvalue weighted by Gasteiger charge is -2.04. The summed E-state index contributed by atoms with van der Waals surface area (Å²) in [5, 5.41) is 3.37. The van der Waals surface area contributed by atoms with Crippen molar-refractivity contribution in [2.24, 2.45) is 10.7 Å². The second-order valence-corrected chi connectivity index (χ2v) is 4.79. The van der Waals surface area contributed by atoms with Crippen molar-refractivity contribution >= 4 is 22.8 Å². The molecule has 116 valence electrons. The van der Waals surface area contributed by atoms with Crippen LogP contribution in [-0.2, 0) is 0 Å². The number of pyridine rings is 1. The lowest BCUT2D eigenvalue weighted by Crippen LogP contribution is -2.36. The molecular weight excluding hydrogens is 294 g/mol. The maximum absolute atomic E-state index is 12.0. The number of nitrogens with one attached hydrogen (secondary N) is 2. The van der Waals surface area contributed by atoms with Crippen molar-refractivity contribution in [3.05, 3.63) is 54.5 Å². The molecule has 7 nitrogen and oxygen atoms in total. The number of aliphatic imine (C=N–C) groups is 1. The van der Waals surface area contributed by atoms with Crippen LogP contribution >= 0.6 is 0 Å². The van der Waals surface area contributed by atoms with E-state index >= 15 is 0 Å². The molecule has 0 radical (unpaired) electrons. The predicted molar refractivity (Wildman–Crippen MR) is 87.6 cm³/mol. The van der Waals surface area contributed by atoms with Crippen molar-refractivity contribution in [2.45, 2.75) is 0 Å². The van der Waals surface area contributed by atoms with E-state index in [1.165, 1.54) is 7.05 Å². The van der Waals surface area contributed by atoms with Gasteiger partial charge in [-0.2, -0.15) is 0 Å². The minimum Gasteiger partial charge on any atom is -0.456 e. The Bertz CT molecular complexity index is 871. The fourth-order valence-electron chi connectivity index (χ4n) is 2.08. The van der Waals surface area contributed by atoms with Crippen LogP contribution in [-0.4, -0.2) is 28.9 Å². The summed E-state index contributed by atoms with van der Waals surface area (Å²) >= 11 is 0. The predicted octanol–water partition coefficient (Wildman–Crippen LogP) is 2.03. The maximum atomic E-state index is 12.0. The largest absolute Gasteiger partial charge is 0.456 e. The third-order valence-corrected chi connectivity index (χ3v) is 3.19. The molecule has 0 saturated carbocycles. The molecule has 0 unspecified atom stereocenters. The van der Waals surface area contributed by atoms with Crippen LogP contribution in [0.3, 0.4) is 0 Å². The van der Waals surface area contributed by atoms with Crippen LogP contribution in [0, 0.1) is 0 Å². The highest BCUT2D eigenvalue weighted by Gasteiger charge is 2.11. The Morgan fingerprint density at radius 1 is 1.30 bits per heavy atom. The van der Waals surface area contributed by atoms with Gasteiger partial charge in [0.05, 0.1) is 6.20 Å². The third kappa shape index (κ3) is 3.29. The van der Waals surface area contributed by atoms with E-state index in [2.05, 4.69) is 20.3 Å². The molecule has 0 saturated heterocycles. The van der Waals surface area contributed by atoms with Gasteiger partial charge in [0.25, 0.3) is 5.91 Å². The highest BCUT2D eigenvalue weighted by atomic mass is 16.5. The van der Waals surface area contributed by atoms with Gasteiger partial charge in [0.2, 0.25) is 0 Å². The zero-order valence-corrected chi connectivity index (χ0v) is 12.4. The number of rotatable bonds is 3. The Balaban J connectivity index is 1.84. The van der Waals surface area contributed by atoms with Crippen LogP contribution in [0.4, 0.5) is 0 Å². The number of nitrogens with zero attached hydrogens (tertiary/aromatic N) is 2. The van der Waals surface area contributed by atoms with Gasteiger partial charge in [-0.25, -0.2) is 0 Å². The standard InChI is InChI=1S/C16H15N5O2/c1-18-16(17)21-15(22)14-7-10-4-5-11(8-13(10)20-14)23-12-3-2-6-19-9-12/h2-9,20H,1H3,(H3,17,18,21,22). The van der Waals surface area contributed by atoms with Crippen molar-refractivity contribution < 1.29 is 9.53 Å². The summed E-state index contributed by atoms with van der Waals surface area (Å²) in [6.45, 7) is 0. The lowest BCUT2D eigenvalue weighted by atomic mass is 10.2. The normalized spacial score (nSPS) is 11.4. The average Bonchev–Trinajstić information content (AvgIpc) is 2.99. The first-order valence-corrected chi connectivity index (χ1v) is 6.90. The highest BCUT2D eigenvalue weighted by Crippen LogP contribution is 2.25. The summed E-state index contributed by atoms with van der Waals surface area (Å²) in [7, 11) is 1.50. The molecule has 1 aromatic carbocycles. The quantitative estimate of drug-likeness (QED) is 0.508. The molecular formula is C16H15N5O2. The van der Waals surface area contributed by atoms with Gasteiger partial charge in [-0.3, -0.25) is 20.1 Å². The third-order valence-electron chi connectivity index (χ3n) is 3.19. The Kier molecular flexibility index (Phi) is 3.92. The van der Waals surface area contributed by atoms with E-state index in [0.29, 0.717) is 17.2 Å². The molecule has 2 heterocycles. The topological polar surface area (TPSA) is 105 Å². The number of ether oxygens (including phenoxy) is 1. The van der Waals surface area contributed by atoms with E-state index in [-0.39, 0.29) is 11.9 Å². The Morgan fingerprint density at radius 2 is 2.17 bits per heavy atom. The van der Waals surface area contributed by atoms with Gasteiger partial charge in [-0.1, -0.05) is 0 Å². The van der Waals surface area contributed by atoms with Gasteiger partial charge in [-0.05, 0) is 30.3 Å². The molecule has 0 spiro atoms. The number of carbonyl (C=O) groups is 1. The summed E-state index contributed by atoms with van der Waals surface area (Å²) in [5.41, 5.74) is 6.67. The van der Waals surface area contributed by atoms with Gasteiger partial charge in [0.1, 0.15) is 17.2 Å². The number of aromatic nitrogens is 2. The number of hydrogen-bond acceptors (Lipinski definition) is 4. The Hall–Kier alpha value is -3.35. The second-order valence-electron chi connectivity index (χ2n) is 4.79. The van der Waals surface area contributed by atoms with E-state index in [1.807, 2.05) is 24.3 Å². The lowest BCUT2D eigenvalue weighted by molar-refractivity contribution is 0.0972. The van der Waals surface area contributed by atoms with Crippen molar-refractivity contribution in [1.29, 1.82) is 0 Å². The van der Waals surface area contributed by atoms with Gasteiger partial charge in [0.15, 0.2) is 5.96 Å². The molecule has 3 rings (SSSR count). The first kappa shape index (κ1) is 14.6. The maximum Gasteiger partial charge on any atom is 0.274 e. The molecule has 4 N–H and O–H groups in total. The summed E-state index contributed by atoms with van der Waals surface area (Å²) in [6.07, 6.45) is 3.31. The first-order valence-electron chi connectivity index (χ1n) is 6.90. The summed E-state index contributed by atoms with van der Waals surface area (Å²) in [4.78, 5) is 22.7. The monoisotopic (exact) mass is 309 g/mol. The molecule has 0 aliphatic rings. The first-order chi connectivity index (χ1) is 11.2. The zero-order valence-electron chi connectivity index (χ0n) is 12.4. The van der Waals surface area contributed by atoms with E-state index in [4.69, 9.17) is 10.5 Å². The van der Waals surface area contributed by atoms with Crippen molar-refractivity contribution in [3.63, 3.8) is 0 Å². The fourth-order valence-corrected chi connectivity index (χ4v) is 2.08. The molecule has 7 heteroatoms. The van der Waals surface area contributed by atoms with E-state index < -0.39 is 0 Å². The number of fused-ring (bicyclic) bond motifs is 1. The smallest absolute Gasteiger partial charge is 0.274 e. The van der Waals surface area contributed by atoms with Crippen LogP contribution in [0.15, 0.2) is 53.8 Å². The number of hydrogen-bond donors (Lipinski definition) is 3. The summed E-state index contributed by atoms with van der Waals surface area (Å²) in [6, 6.07) is 10.9. The average molecular weight is 309 g/mol. The second kappa shape index (κ2) is 6.18. The Labute approximate surface area is 132 Å². The summed E-state index contributed by atoms with van der Waals surface area (Å²) in [5.74, 6) is 1.01. The van der Waals surface area contributed by atoms with Crippen LogP contribution in [0.25, 0.3) is 10.9 Å². The molecule has 3 aromatic rings. The highest BCUT2D eigenvalue weighted by molar-refractivity contribution is 6.06. The zero-order chi connectivity index (χ0) is 16.2. The number of nitrogens with two attached hydrogens (primary N) is 1. The van der Waals surface area contributed by atoms with Crippen molar-refractivity contribution in [1.82, 2.24) is 15.3 Å². The van der Waals surface area contributed by atoms with Crippen LogP contribution in [0.2, 0.25) is 0 Å². The summed E-state index contributed by atoms with van der Waals surface area (Å²) < 4.78 is 5.72. The number of benzene rings is 1. The van der Waals surface area contributed by atoms with E-state index in [1.54, 1.807) is 24.5 Å². The fraction of sp³-hybridized carbons (Fsp3) is 0.0625. The number of amides is 1. The van der Waals surface area contributed by atoms with Gasteiger partial charge in [-0.15, -0.1) is 0 Å². The Morgan fingerprint density at radius 3 is 2.91 bits per heavy atom. The van der Waals surface area contributed by atoms with Crippen molar-refractivity contribution in [2.75, 3.05) is 7.05 Å². The minimum absolute atomic E-state index is 0.0641. The van der Waals surface area contributed by atoms with Gasteiger partial charge < -0.3 is 15.5 Å². The SMILES string of the molecule is CN=C(N)NC(=O)c1cc2ccc(Oc3cccnc3)cc2[nH]1. The van der Waals surface area contributed by atoms with Gasteiger partial charge >= 0.3 is 0 Å². The number of guanidine groups is 1. The number of carbonyl (C=O) groups excluding carboxylic acids is 1.